The van der Waals surface area contributed by atoms with Crippen molar-refractivity contribution in [3.05, 3.63) is 159 Å². The Bertz CT molecular complexity index is 4900. The molecule has 24 N–H and O–H groups in total. The molecule has 0 fully saturated rings. The number of carboxylic acids is 1. The number of aromatic nitrogens is 6. The highest BCUT2D eigenvalue weighted by atomic mass is 19.1. The highest BCUT2D eigenvalue weighted by Crippen LogP contribution is 2.30. The van der Waals surface area contributed by atoms with Gasteiger partial charge in [-0.2, -0.15) is 5.21 Å². The Balaban J connectivity index is 1.15. The zero-order chi connectivity index (χ0) is 94.9. The Morgan fingerprint density at radius 1 is 0.605 bits per heavy atom. The van der Waals surface area contributed by atoms with Gasteiger partial charge in [0.1, 0.15) is 64.8 Å². The molecule has 129 heavy (non-hydrogen) atoms. The molecule has 6 rings (SSSR count). The van der Waals surface area contributed by atoms with E-state index in [9.17, 15) is 97.1 Å². The molecule has 696 valence electrons. The van der Waals surface area contributed by atoms with Gasteiger partial charge in [0.05, 0.1) is 70.9 Å². The number of hydrogen-bond acceptors (Lipinski definition) is 26. The van der Waals surface area contributed by atoms with E-state index in [0.717, 1.165) is 49.1 Å². The SMILES string of the molecule is CCc1cc(OCCCCN=[N+]=[N-])ccc1-c1ccc(C[C@H](NC(=O)[C@H](CC(=O)O)NC(=O)[C@H](CO)NC(=O)[C@@H](NC(=O)C(C)(Cc2ccccc2F)NC(=O)[C@@H](NC(=O)CNC(=O)[C@H](Cc2nn[nH]n2)NC(=O)C(C)(C)C(=O)NCCc2cnc[nH]2)[C@@H](C)O)[C@@H](C)O)C(=O)N[C@@H](CCCc2ccc(CNC(=O)CNC(=O)CNC(=O)CNC(=O)CN)cc2)C(N)=O)cc1. The predicted molar refractivity (Wildman–Crippen MR) is 455 cm³/mol. The Hall–Kier alpha value is -14.4. The van der Waals surface area contributed by atoms with E-state index >= 15 is 4.39 Å². The first-order valence-corrected chi connectivity index (χ1v) is 41.0. The number of carboxylic acid groups (broad SMARTS) is 1. The number of carbonyl (C=O) groups excluding carboxylic acids is 15. The number of H-pyrrole nitrogens is 2. The van der Waals surface area contributed by atoms with E-state index in [-0.39, 0.29) is 50.3 Å². The van der Waals surface area contributed by atoms with Gasteiger partial charge in [-0.25, -0.2) is 9.37 Å². The summed E-state index contributed by atoms with van der Waals surface area (Å²) in [6.45, 7) is 4.57. The second kappa shape index (κ2) is 51.9. The summed E-state index contributed by atoms with van der Waals surface area (Å²) in [5, 5.41) is 92.9. The van der Waals surface area contributed by atoms with Gasteiger partial charge < -0.3 is 116 Å². The molecule has 2 heterocycles. The van der Waals surface area contributed by atoms with Crippen molar-refractivity contribution in [3.8, 4) is 16.9 Å². The minimum Gasteiger partial charge on any atom is -0.494 e. The first-order valence-electron chi connectivity index (χ1n) is 41.0. The number of imidazole rings is 1. The van der Waals surface area contributed by atoms with E-state index in [2.05, 4.69) is 115 Å². The van der Waals surface area contributed by atoms with Crippen LogP contribution in [-0.2, 0) is 122 Å². The van der Waals surface area contributed by atoms with Gasteiger partial charge in [0.15, 0.2) is 5.82 Å². The molecule has 0 aliphatic carbocycles. The fraction of sp³-hybridized carbons (Fsp3) is 0.463. The fourth-order valence-corrected chi connectivity index (χ4v) is 12.5. The summed E-state index contributed by atoms with van der Waals surface area (Å²) < 4.78 is 21.5. The largest absolute Gasteiger partial charge is 0.494 e. The number of hydrogen-bond donors (Lipinski definition) is 22. The van der Waals surface area contributed by atoms with Gasteiger partial charge in [-0.3, -0.25) is 76.7 Å². The van der Waals surface area contributed by atoms with Crippen LogP contribution >= 0.6 is 0 Å². The number of aliphatic carboxylic acids is 1. The van der Waals surface area contributed by atoms with E-state index in [1.165, 1.54) is 38.4 Å². The molecule has 6 aromatic rings. The number of azide groups is 1. The first kappa shape index (κ1) is 103. The molecule has 1 unspecified atom stereocenters. The smallest absolute Gasteiger partial charge is 0.305 e. The van der Waals surface area contributed by atoms with Gasteiger partial charge in [-0.05, 0) is 136 Å². The average Bonchev–Trinajstić information content (AvgIpc) is 0.967. The van der Waals surface area contributed by atoms with Crippen molar-refractivity contribution in [1.29, 1.82) is 0 Å². The molecule has 15 amide bonds. The maximum atomic E-state index is 15.6. The van der Waals surface area contributed by atoms with Crippen LogP contribution in [0.5, 0.6) is 5.75 Å². The van der Waals surface area contributed by atoms with Crippen LogP contribution in [0.3, 0.4) is 0 Å². The van der Waals surface area contributed by atoms with E-state index in [4.69, 9.17) is 21.7 Å². The van der Waals surface area contributed by atoms with Gasteiger partial charge in [0.2, 0.25) is 88.6 Å². The average molecular weight is 1800 g/mol. The van der Waals surface area contributed by atoms with Gasteiger partial charge in [-0.15, -0.1) is 10.2 Å². The number of primary amides is 1. The van der Waals surface area contributed by atoms with Crippen LogP contribution in [0.4, 0.5) is 4.39 Å². The van der Waals surface area contributed by atoms with Crippen molar-refractivity contribution in [2.75, 3.05) is 59.0 Å². The lowest BCUT2D eigenvalue weighted by molar-refractivity contribution is -0.143. The third-order valence-electron chi connectivity index (χ3n) is 20.0. The van der Waals surface area contributed by atoms with Crippen molar-refractivity contribution in [3.63, 3.8) is 0 Å². The molecule has 47 heteroatoms. The predicted octanol–water partition coefficient (Wildman–Crippen LogP) is -4.78. The van der Waals surface area contributed by atoms with Crippen LogP contribution in [0.25, 0.3) is 21.6 Å². The summed E-state index contributed by atoms with van der Waals surface area (Å²) in [6.07, 6.45) is -0.872. The lowest BCUT2D eigenvalue weighted by atomic mass is 9.90. The van der Waals surface area contributed by atoms with Gasteiger partial charge in [0.25, 0.3) is 0 Å². The molecule has 4 aromatic carbocycles. The van der Waals surface area contributed by atoms with Crippen molar-refractivity contribution < 1.29 is 106 Å². The number of unbranched alkanes of at least 4 members (excludes halogenated alkanes) is 1. The van der Waals surface area contributed by atoms with E-state index in [1.807, 2.05) is 19.1 Å². The number of aromatic amines is 2. The van der Waals surface area contributed by atoms with Crippen molar-refractivity contribution in [2.24, 2.45) is 22.0 Å². The van der Waals surface area contributed by atoms with Crippen LogP contribution in [0.15, 0.2) is 109 Å². The molecule has 0 radical (unpaired) electrons. The number of nitrogens with one attached hydrogen (secondary N) is 16. The molecular weight excluding hydrogens is 1690 g/mol. The summed E-state index contributed by atoms with van der Waals surface area (Å²) in [5.74, 6) is -17.3. The minimum atomic E-state index is -2.44. The molecule has 46 nitrogen and oxygen atoms in total. The number of benzene rings is 4. The first-order chi connectivity index (χ1) is 61.4. The van der Waals surface area contributed by atoms with E-state index < -0.39 is 218 Å². The lowest BCUT2D eigenvalue weighted by Crippen LogP contribution is -2.67. The number of aliphatic hydroxyl groups is 3. The van der Waals surface area contributed by atoms with Crippen molar-refractivity contribution >= 4 is 94.6 Å². The maximum absolute atomic E-state index is 15.6. The zero-order valence-corrected chi connectivity index (χ0v) is 71.8. The molecule has 0 saturated heterocycles. The van der Waals surface area contributed by atoms with E-state index in [0.29, 0.717) is 67.8 Å². The fourth-order valence-electron chi connectivity index (χ4n) is 12.5. The van der Waals surface area contributed by atoms with Gasteiger partial charge in [-0.1, -0.05) is 90.0 Å². The number of nitrogens with two attached hydrogens (primary N) is 2. The zero-order valence-electron chi connectivity index (χ0n) is 71.8. The summed E-state index contributed by atoms with van der Waals surface area (Å²) in [6, 6.07) is 11.0. The number of aryl methyl sites for hydroxylation is 2. The molecule has 10 atom stereocenters. The second-order valence-corrected chi connectivity index (χ2v) is 30.6. The third-order valence-corrected chi connectivity index (χ3v) is 20.0. The molecule has 0 aliphatic heterocycles. The quantitative estimate of drug-likeness (QED) is 0.00560. The van der Waals surface area contributed by atoms with E-state index in [1.54, 1.807) is 60.8 Å². The number of rotatable bonds is 55. The summed E-state index contributed by atoms with van der Waals surface area (Å²) >= 11 is 0. The Kier molecular flexibility index (Phi) is 41.6. The minimum absolute atomic E-state index is 0.0504. The molecule has 0 saturated carbocycles. The van der Waals surface area contributed by atoms with Crippen molar-refractivity contribution in [2.45, 2.75) is 179 Å². The summed E-state index contributed by atoms with van der Waals surface area (Å²) in [7, 11) is 0. The lowest BCUT2D eigenvalue weighted by Gasteiger charge is -2.34. The highest BCUT2D eigenvalue weighted by Gasteiger charge is 2.44. The second-order valence-electron chi connectivity index (χ2n) is 30.6. The maximum Gasteiger partial charge on any atom is 0.305 e. The molecule has 0 spiro atoms. The van der Waals surface area contributed by atoms with Crippen LogP contribution < -0.4 is 90.6 Å². The van der Waals surface area contributed by atoms with Gasteiger partial charge >= 0.3 is 5.97 Å². The Morgan fingerprint density at radius 3 is 1.81 bits per heavy atom. The Labute approximate surface area is 738 Å². The number of carbonyl (C=O) groups is 16. The molecular formula is C82H110FN25O21. The third kappa shape index (κ3) is 34.4. The summed E-state index contributed by atoms with van der Waals surface area (Å²) in [5.41, 5.74) is 20.1. The number of aliphatic hydroxyl groups excluding tert-OH is 3. The Morgan fingerprint density at radius 2 is 1.20 bits per heavy atom. The number of halogens is 1. The van der Waals surface area contributed by atoms with Crippen LogP contribution in [0.1, 0.15) is 113 Å². The number of tetrazole rings is 1. The summed E-state index contributed by atoms with van der Waals surface area (Å²) in [4.78, 5) is 225. The molecule has 0 bridgehead atoms. The molecule has 0 aliphatic rings. The number of nitrogens with zero attached hydrogens (tertiary/aromatic N) is 7. The normalized spacial score (nSPS) is 13.6. The van der Waals surface area contributed by atoms with Crippen LogP contribution in [0, 0.1) is 11.2 Å². The number of amides is 15. The van der Waals surface area contributed by atoms with Crippen molar-refractivity contribution in [1.82, 2.24) is 105 Å². The van der Waals surface area contributed by atoms with Gasteiger partial charge in [0, 0.05) is 62.1 Å². The van der Waals surface area contributed by atoms with Crippen LogP contribution in [0.2, 0.25) is 0 Å². The topological polar surface area (TPSA) is 716 Å². The molecule has 2 aromatic heterocycles. The number of ether oxygens (including phenoxy) is 1. The van der Waals surface area contributed by atoms with Crippen LogP contribution in [-0.4, -0.2) is 265 Å². The standard InChI is InChI=1S/C82H110FN25O21/c1-7-50-32-54(129-30-11-10-28-95-106-86)25-26-55(50)51-23-21-48(22-24-51)31-58(73(121)96-57(71(85)119)16-12-13-47-17-19-49(20-18-47)37-89-64(113)40-91-66(115)41-92-65(114)39-90-63(112)36-84)97-74(122)60(34-68(117)118)98-75(123)61(43-109)99-76(124)69(45(2)110)102-80(128)82(6,35-52-14-8-9-15-56(52)83)103-77(125)70(46(3)111)101-67(116)42-93-72(120)59(33-62-104-107-108-105-62)100-79(127)81(4,5)78(126)88-29-27-53-38-87-44-94-53/h8-9,14-15,17-26,32,38,44-46,57-61,69-70,109-111H,7,10-13,16,27-31,33-37,39-43,84H2,1-6H3,(H2,85,119)(H,87,94)(H,88,126)(H,89,113)(H,90,112)(H,91,115)(H,92,114)(H,93,120)(H,96,121)(H,97,122)(H,98,123)(H,99,124)(H,100,127)(H,101,116)(H,102,128)(H,103,125)(H,117,118)(H,104,105,107,108)/t45-,46-,57+,58+,59+,60+,61+,69+,70+,82?/m1/s1. The highest BCUT2D eigenvalue weighted by molar-refractivity contribution is 6.06. The monoisotopic (exact) mass is 1800 g/mol.